The third-order valence-electron chi connectivity index (χ3n) is 5.51. The lowest BCUT2D eigenvalue weighted by molar-refractivity contribution is 0.587. The Morgan fingerprint density at radius 3 is 1.44 bits per heavy atom. The van der Waals surface area contributed by atoms with E-state index < -0.39 is 0 Å². The van der Waals surface area contributed by atoms with E-state index >= 15 is 0 Å². The van der Waals surface area contributed by atoms with Crippen molar-refractivity contribution >= 4 is 18.0 Å². The van der Waals surface area contributed by atoms with Gasteiger partial charge in [-0.2, -0.15) is 0 Å². The molecule has 0 radical (unpaired) electrons. The highest BCUT2D eigenvalue weighted by atomic mass is 35.5. The average Bonchev–Trinajstić information content (AvgIpc) is 2.86. The van der Waals surface area contributed by atoms with Gasteiger partial charge in [0.05, 0.1) is 6.04 Å². The molecule has 0 fully saturated rings. The molecule has 0 aliphatic heterocycles. The van der Waals surface area contributed by atoms with Crippen LogP contribution in [0.2, 0.25) is 0 Å². The van der Waals surface area contributed by atoms with Gasteiger partial charge in [-0.05, 0) is 47.2 Å². The molecule has 0 unspecified atom stereocenters. The zero-order valence-corrected chi connectivity index (χ0v) is 19.0. The fourth-order valence-corrected chi connectivity index (χ4v) is 3.95. The van der Waals surface area contributed by atoms with E-state index in [2.05, 4.69) is 133 Å². The van der Waals surface area contributed by atoms with Crippen molar-refractivity contribution in [3.8, 4) is 0 Å². The molecule has 2 heteroatoms. The third kappa shape index (κ3) is 6.43. The van der Waals surface area contributed by atoms with E-state index in [-0.39, 0.29) is 18.4 Å². The van der Waals surface area contributed by atoms with Crippen molar-refractivity contribution in [3.05, 3.63) is 150 Å². The molecule has 0 spiro atoms. The Kier molecular flexibility index (Phi) is 9.31. The van der Waals surface area contributed by atoms with E-state index in [1.54, 1.807) is 0 Å². The van der Waals surface area contributed by atoms with Crippen LogP contribution in [-0.2, 0) is 0 Å². The average molecular weight is 440 g/mol. The SMILES string of the molecule is C(CCCNC(c1ccccc1)c1ccccc1)=C(c1ccccc1)c1ccccc1.Cl. The van der Waals surface area contributed by atoms with Gasteiger partial charge in [0, 0.05) is 0 Å². The first-order valence-corrected chi connectivity index (χ1v) is 11.1. The van der Waals surface area contributed by atoms with Gasteiger partial charge in [0.15, 0.2) is 0 Å². The van der Waals surface area contributed by atoms with E-state index in [1.165, 1.54) is 27.8 Å². The van der Waals surface area contributed by atoms with Crippen molar-refractivity contribution in [1.82, 2.24) is 5.32 Å². The predicted octanol–water partition coefficient (Wildman–Crippen LogP) is 7.70. The standard InChI is InChI=1S/C30H29N.ClH/c1-5-15-25(16-6-1)29(26-17-7-2-8-18-26)23-13-14-24-31-30(27-19-9-3-10-20-27)28-21-11-4-12-22-28;/h1-12,15-23,30-31H,13-14,24H2;1H. The van der Waals surface area contributed by atoms with Crippen LogP contribution in [0.5, 0.6) is 0 Å². The van der Waals surface area contributed by atoms with Crippen LogP contribution in [0.25, 0.3) is 5.57 Å². The number of allylic oxidation sites excluding steroid dienone is 1. The molecule has 4 aromatic carbocycles. The predicted molar refractivity (Wildman–Crippen MR) is 139 cm³/mol. The van der Waals surface area contributed by atoms with Gasteiger partial charge in [0.25, 0.3) is 0 Å². The Bertz CT molecular complexity index is 980. The summed E-state index contributed by atoms with van der Waals surface area (Å²) in [5.41, 5.74) is 6.46. The molecule has 0 saturated heterocycles. The fraction of sp³-hybridized carbons (Fsp3) is 0.133. The van der Waals surface area contributed by atoms with Crippen LogP contribution in [0.3, 0.4) is 0 Å². The second kappa shape index (κ2) is 12.7. The van der Waals surface area contributed by atoms with Crippen LogP contribution < -0.4 is 5.32 Å². The molecule has 32 heavy (non-hydrogen) atoms. The Balaban J connectivity index is 0.00000289. The molecule has 0 heterocycles. The fourth-order valence-electron chi connectivity index (χ4n) is 3.95. The lowest BCUT2D eigenvalue weighted by atomic mass is 9.96. The van der Waals surface area contributed by atoms with Gasteiger partial charge in [0.1, 0.15) is 0 Å². The largest absolute Gasteiger partial charge is 0.306 e. The number of halogens is 1. The Morgan fingerprint density at radius 1 is 0.594 bits per heavy atom. The van der Waals surface area contributed by atoms with Crippen LogP contribution in [0.15, 0.2) is 127 Å². The quantitative estimate of drug-likeness (QED) is 0.263. The van der Waals surface area contributed by atoms with E-state index in [1.807, 2.05) is 0 Å². The molecular weight excluding hydrogens is 410 g/mol. The second-order valence-electron chi connectivity index (χ2n) is 7.70. The lowest BCUT2D eigenvalue weighted by Gasteiger charge is -2.20. The molecule has 0 aliphatic rings. The molecule has 0 aromatic heterocycles. The monoisotopic (exact) mass is 439 g/mol. The minimum Gasteiger partial charge on any atom is -0.306 e. The lowest BCUT2D eigenvalue weighted by Crippen LogP contribution is -2.23. The molecule has 0 aliphatic carbocycles. The maximum Gasteiger partial charge on any atom is 0.0576 e. The summed E-state index contributed by atoms with van der Waals surface area (Å²) >= 11 is 0. The first-order valence-electron chi connectivity index (χ1n) is 11.1. The van der Waals surface area contributed by atoms with Crippen molar-refractivity contribution in [1.29, 1.82) is 0 Å². The molecule has 1 N–H and O–H groups in total. The van der Waals surface area contributed by atoms with Crippen LogP contribution in [-0.4, -0.2) is 6.54 Å². The summed E-state index contributed by atoms with van der Waals surface area (Å²) in [6.07, 6.45) is 4.49. The van der Waals surface area contributed by atoms with Gasteiger partial charge in [-0.25, -0.2) is 0 Å². The summed E-state index contributed by atoms with van der Waals surface area (Å²) in [4.78, 5) is 0. The zero-order valence-electron chi connectivity index (χ0n) is 18.2. The van der Waals surface area contributed by atoms with Gasteiger partial charge >= 0.3 is 0 Å². The molecule has 0 saturated carbocycles. The molecule has 4 rings (SSSR count). The van der Waals surface area contributed by atoms with E-state index in [0.29, 0.717) is 0 Å². The Morgan fingerprint density at radius 2 is 1.00 bits per heavy atom. The zero-order chi connectivity index (χ0) is 21.1. The highest BCUT2D eigenvalue weighted by molar-refractivity contribution is 5.85. The van der Waals surface area contributed by atoms with E-state index in [0.717, 1.165) is 19.4 Å². The highest BCUT2D eigenvalue weighted by Gasteiger charge is 2.12. The molecule has 4 aromatic rings. The van der Waals surface area contributed by atoms with E-state index in [4.69, 9.17) is 0 Å². The summed E-state index contributed by atoms with van der Waals surface area (Å²) in [6, 6.07) is 43.0. The van der Waals surface area contributed by atoms with Crippen LogP contribution >= 0.6 is 12.4 Å². The maximum absolute atomic E-state index is 3.78. The number of hydrogen-bond donors (Lipinski definition) is 1. The van der Waals surface area contributed by atoms with Gasteiger partial charge in [-0.1, -0.05) is 127 Å². The Hall–Kier alpha value is -3.13. The topological polar surface area (TPSA) is 12.0 Å². The maximum atomic E-state index is 3.78. The van der Waals surface area contributed by atoms with Crippen molar-refractivity contribution in [3.63, 3.8) is 0 Å². The molecule has 0 bridgehead atoms. The third-order valence-corrected chi connectivity index (χ3v) is 5.51. The highest BCUT2D eigenvalue weighted by Crippen LogP contribution is 2.25. The number of rotatable bonds is 9. The number of hydrogen-bond acceptors (Lipinski definition) is 1. The van der Waals surface area contributed by atoms with Crippen LogP contribution in [0.4, 0.5) is 0 Å². The summed E-state index contributed by atoms with van der Waals surface area (Å²) in [6.45, 7) is 0.960. The van der Waals surface area contributed by atoms with Crippen molar-refractivity contribution in [2.75, 3.05) is 6.54 Å². The molecule has 0 atom stereocenters. The minimum absolute atomic E-state index is 0. The number of benzene rings is 4. The van der Waals surface area contributed by atoms with Gasteiger partial charge in [-0.15, -0.1) is 12.4 Å². The molecule has 0 amide bonds. The minimum atomic E-state index is 0. The summed E-state index contributed by atoms with van der Waals surface area (Å²) in [5, 5.41) is 3.78. The van der Waals surface area contributed by atoms with Crippen molar-refractivity contribution < 1.29 is 0 Å². The first kappa shape index (κ1) is 23.5. The molecule has 1 nitrogen and oxygen atoms in total. The summed E-state index contributed by atoms with van der Waals surface area (Å²) in [5.74, 6) is 0. The van der Waals surface area contributed by atoms with Crippen molar-refractivity contribution in [2.45, 2.75) is 18.9 Å². The summed E-state index contributed by atoms with van der Waals surface area (Å²) in [7, 11) is 0. The number of nitrogens with one attached hydrogen (secondary N) is 1. The van der Waals surface area contributed by atoms with E-state index in [9.17, 15) is 0 Å². The first-order chi connectivity index (χ1) is 15.4. The normalized spacial score (nSPS) is 10.4. The second-order valence-corrected chi connectivity index (χ2v) is 7.70. The summed E-state index contributed by atoms with van der Waals surface area (Å²) < 4.78 is 0. The molecule has 162 valence electrons. The van der Waals surface area contributed by atoms with Crippen molar-refractivity contribution in [2.24, 2.45) is 0 Å². The Labute approximate surface area is 198 Å². The van der Waals surface area contributed by atoms with Gasteiger partial charge < -0.3 is 5.32 Å². The molecular formula is C30H30ClN. The van der Waals surface area contributed by atoms with Crippen LogP contribution in [0.1, 0.15) is 41.1 Å². The van der Waals surface area contributed by atoms with Crippen LogP contribution in [0, 0.1) is 0 Å². The van der Waals surface area contributed by atoms with Gasteiger partial charge in [-0.3, -0.25) is 0 Å². The number of unbranched alkanes of at least 4 members (excludes halogenated alkanes) is 1. The van der Waals surface area contributed by atoms with Gasteiger partial charge in [0.2, 0.25) is 0 Å². The smallest absolute Gasteiger partial charge is 0.0576 e.